The molecule has 1 saturated carbocycles. The van der Waals surface area contributed by atoms with E-state index in [9.17, 15) is 4.79 Å². The van der Waals surface area contributed by atoms with Gasteiger partial charge in [-0.25, -0.2) is 9.97 Å². The fourth-order valence-electron chi connectivity index (χ4n) is 2.13. The predicted octanol–water partition coefficient (Wildman–Crippen LogP) is 1.84. The van der Waals surface area contributed by atoms with Crippen LogP contribution in [0.2, 0.25) is 0 Å². The third-order valence-electron chi connectivity index (χ3n) is 3.19. The lowest BCUT2D eigenvalue weighted by Crippen LogP contribution is -2.29. The van der Waals surface area contributed by atoms with Crippen LogP contribution in [0, 0.1) is 12.8 Å². The smallest absolute Gasteiger partial charge is 0.306 e. The number of hydrogen-bond acceptors (Lipinski definition) is 4. The molecule has 0 spiro atoms. The Balaban J connectivity index is 1.85. The summed E-state index contributed by atoms with van der Waals surface area (Å²) in [5.41, 5.74) is 1.03. The normalized spacial score (nSPS) is 24.3. The second-order valence-electron chi connectivity index (χ2n) is 4.62. The van der Waals surface area contributed by atoms with E-state index >= 15 is 0 Å². The third kappa shape index (κ3) is 3.15. The van der Waals surface area contributed by atoms with Gasteiger partial charge in [0.05, 0.1) is 5.92 Å². The first kappa shape index (κ1) is 11.8. The Bertz CT molecular complexity index is 383. The number of aromatic nitrogens is 2. The number of aryl methyl sites for hydroxylation is 1. The second kappa shape index (κ2) is 5.12. The van der Waals surface area contributed by atoms with E-state index in [4.69, 9.17) is 5.11 Å². The van der Waals surface area contributed by atoms with Crippen molar-refractivity contribution in [2.75, 3.05) is 5.32 Å². The largest absolute Gasteiger partial charge is 0.481 e. The molecule has 1 aromatic rings. The molecule has 1 aliphatic rings. The molecule has 17 heavy (non-hydrogen) atoms. The Morgan fingerprint density at radius 1 is 1.29 bits per heavy atom. The molecular formula is C12H17N3O2. The van der Waals surface area contributed by atoms with Crippen LogP contribution in [0.25, 0.3) is 0 Å². The molecule has 0 bridgehead atoms. The lowest BCUT2D eigenvalue weighted by atomic mass is 9.86. The molecule has 0 atom stereocenters. The first-order valence-corrected chi connectivity index (χ1v) is 5.93. The first-order valence-electron chi connectivity index (χ1n) is 5.93. The van der Waals surface area contributed by atoms with Gasteiger partial charge in [-0.2, -0.15) is 0 Å². The van der Waals surface area contributed by atoms with Gasteiger partial charge in [-0.15, -0.1) is 0 Å². The van der Waals surface area contributed by atoms with Crippen LogP contribution in [0.5, 0.6) is 0 Å². The van der Waals surface area contributed by atoms with Gasteiger partial charge in [0, 0.05) is 18.4 Å². The lowest BCUT2D eigenvalue weighted by Gasteiger charge is -2.26. The summed E-state index contributed by atoms with van der Waals surface area (Å²) in [6.45, 7) is 1.95. The fraction of sp³-hybridized carbons (Fsp3) is 0.583. The van der Waals surface area contributed by atoms with E-state index in [1.807, 2.05) is 6.92 Å². The van der Waals surface area contributed by atoms with Crippen molar-refractivity contribution < 1.29 is 9.90 Å². The van der Waals surface area contributed by atoms with Crippen molar-refractivity contribution in [3.8, 4) is 0 Å². The SMILES string of the molecule is Cc1cnc(NC2CCC(C(=O)O)CC2)nc1. The molecule has 5 heteroatoms. The minimum atomic E-state index is -0.671. The number of carbonyl (C=O) groups is 1. The number of hydrogen-bond donors (Lipinski definition) is 2. The Kier molecular flexibility index (Phi) is 3.56. The van der Waals surface area contributed by atoms with Crippen LogP contribution in [0.15, 0.2) is 12.4 Å². The summed E-state index contributed by atoms with van der Waals surface area (Å²) in [7, 11) is 0. The van der Waals surface area contributed by atoms with Gasteiger partial charge in [0.25, 0.3) is 0 Å². The quantitative estimate of drug-likeness (QED) is 0.836. The highest BCUT2D eigenvalue weighted by atomic mass is 16.4. The summed E-state index contributed by atoms with van der Waals surface area (Å²) in [4.78, 5) is 19.2. The zero-order valence-electron chi connectivity index (χ0n) is 9.89. The van der Waals surface area contributed by atoms with Gasteiger partial charge in [0.1, 0.15) is 0 Å². The van der Waals surface area contributed by atoms with Crippen molar-refractivity contribution in [3.05, 3.63) is 18.0 Å². The molecule has 0 saturated heterocycles. The number of carboxylic acids is 1. The highest BCUT2D eigenvalue weighted by Gasteiger charge is 2.25. The van der Waals surface area contributed by atoms with Gasteiger partial charge >= 0.3 is 5.97 Å². The molecule has 0 radical (unpaired) electrons. The molecule has 1 heterocycles. The molecule has 1 fully saturated rings. The number of carboxylic acid groups (broad SMARTS) is 1. The van der Waals surface area contributed by atoms with Gasteiger partial charge in [0.15, 0.2) is 0 Å². The monoisotopic (exact) mass is 235 g/mol. The van der Waals surface area contributed by atoms with Crippen molar-refractivity contribution in [2.24, 2.45) is 5.92 Å². The van der Waals surface area contributed by atoms with E-state index in [0.717, 1.165) is 31.2 Å². The summed E-state index contributed by atoms with van der Waals surface area (Å²) >= 11 is 0. The predicted molar refractivity (Wildman–Crippen MR) is 63.8 cm³/mol. The molecular weight excluding hydrogens is 218 g/mol. The molecule has 0 amide bonds. The van der Waals surface area contributed by atoms with Crippen LogP contribution >= 0.6 is 0 Å². The molecule has 2 N–H and O–H groups in total. The zero-order valence-corrected chi connectivity index (χ0v) is 9.89. The van der Waals surface area contributed by atoms with Gasteiger partial charge in [-0.1, -0.05) is 0 Å². The maximum atomic E-state index is 10.8. The topological polar surface area (TPSA) is 75.1 Å². The van der Waals surface area contributed by atoms with Crippen LogP contribution in [-0.4, -0.2) is 27.1 Å². The number of anilines is 1. The second-order valence-corrected chi connectivity index (χ2v) is 4.62. The molecule has 92 valence electrons. The third-order valence-corrected chi connectivity index (χ3v) is 3.19. The Hall–Kier alpha value is -1.65. The summed E-state index contributed by atoms with van der Waals surface area (Å²) in [5.74, 6) is -0.212. The van der Waals surface area contributed by atoms with E-state index in [1.165, 1.54) is 0 Å². The average molecular weight is 235 g/mol. The number of nitrogens with one attached hydrogen (secondary N) is 1. The standard InChI is InChI=1S/C12H17N3O2/c1-8-6-13-12(14-7-8)15-10-4-2-9(3-5-10)11(16)17/h6-7,9-10H,2-5H2,1H3,(H,16,17)(H,13,14,15). The Morgan fingerprint density at radius 3 is 2.41 bits per heavy atom. The van der Waals surface area contributed by atoms with Gasteiger partial charge in [0.2, 0.25) is 5.95 Å². The maximum absolute atomic E-state index is 10.8. The lowest BCUT2D eigenvalue weighted by molar-refractivity contribution is -0.142. The fourth-order valence-corrected chi connectivity index (χ4v) is 2.13. The van der Waals surface area contributed by atoms with Crippen molar-refractivity contribution in [3.63, 3.8) is 0 Å². The minimum absolute atomic E-state index is 0.174. The summed E-state index contributed by atoms with van der Waals surface area (Å²) in [6.07, 6.45) is 6.76. The molecule has 0 aromatic carbocycles. The van der Waals surface area contributed by atoms with Gasteiger partial charge < -0.3 is 10.4 Å². The Labute approximate surface area is 100 Å². The maximum Gasteiger partial charge on any atom is 0.306 e. The number of aliphatic carboxylic acids is 1. The van der Waals surface area contributed by atoms with Crippen molar-refractivity contribution in [2.45, 2.75) is 38.6 Å². The molecule has 0 unspecified atom stereocenters. The van der Waals surface area contributed by atoms with Crippen LogP contribution < -0.4 is 5.32 Å². The van der Waals surface area contributed by atoms with E-state index in [2.05, 4.69) is 15.3 Å². The average Bonchev–Trinajstić information content (AvgIpc) is 2.33. The molecule has 5 nitrogen and oxygen atoms in total. The summed E-state index contributed by atoms with van der Waals surface area (Å²) in [6, 6.07) is 0.299. The van der Waals surface area contributed by atoms with Crippen LogP contribution in [0.1, 0.15) is 31.2 Å². The number of nitrogens with zero attached hydrogens (tertiary/aromatic N) is 2. The molecule has 1 aliphatic carbocycles. The van der Waals surface area contributed by atoms with Crippen LogP contribution in [0.3, 0.4) is 0 Å². The van der Waals surface area contributed by atoms with E-state index in [-0.39, 0.29) is 5.92 Å². The first-order chi connectivity index (χ1) is 8.15. The van der Waals surface area contributed by atoms with E-state index < -0.39 is 5.97 Å². The van der Waals surface area contributed by atoms with Crippen molar-refractivity contribution >= 4 is 11.9 Å². The molecule has 0 aliphatic heterocycles. The highest BCUT2D eigenvalue weighted by molar-refractivity contribution is 5.70. The van der Waals surface area contributed by atoms with Crippen molar-refractivity contribution in [1.82, 2.24) is 9.97 Å². The van der Waals surface area contributed by atoms with Crippen molar-refractivity contribution in [1.29, 1.82) is 0 Å². The minimum Gasteiger partial charge on any atom is -0.481 e. The highest BCUT2D eigenvalue weighted by Crippen LogP contribution is 2.25. The molecule has 1 aromatic heterocycles. The summed E-state index contributed by atoms with van der Waals surface area (Å²) in [5, 5.41) is 12.2. The molecule has 2 rings (SSSR count). The van der Waals surface area contributed by atoms with Gasteiger partial charge in [-0.05, 0) is 38.2 Å². The van der Waals surface area contributed by atoms with E-state index in [1.54, 1.807) is 12.4 Å². The number of rotatable bonds is 3. The van der Waals surface area contributed by atoms with Gasteiger partial charge in [-0.3, -0.25) is 4.79 Å². The van der Waals surface area contributed by atoms with Crippen LogP contribution in [-0.2, 0) is 4.79 Å². The summed E-state index contributed by atoms with van der Waals surface area (Å²) < 4.78 is 0. The Morgan fingerprint density at radius 2 is 1.88 bits per heavy atom. The van der Waals surface area contributed by atoms with E-state index in [0.29, 0.717) is 12.0 Å². The van der Waals surface area contributed by atoms with Crippen LogP contribution in [0.4, 0.5) is 5.95 Å². The zero-order chi connectivity index (χ0) is 12.3.